The highest BCUT2D eigenvalue weighted by Crippen LogP contribution is 2.39. The Hall–Kier alpha value is -5.25. The fourth-order valence-electron chi connectivity index (χ4n) is 5.28. The lowest BCUT2D eigenvalue weighted by Gasteiger charge is -2.26. The van der Waals surface area contributed by atoms with Crippen LogP contribution in [0.25, 0.3) is 22.5 Å². The van der Waals surface area contributed by atoms with Crippen molar-refractivity contribution >= 4 is 40.1 Å². The van der Waals surface area contributed by atoms with Gasteiger partial charge in [0, 0.05) is 60.3 Å². The van der Waals surface area contributed by atoms with Gasteiger partial charge in [0.25, 0.3) is 11.6 Å². The molecule has 3 N–H and O–H groups in total. The smallest absolute Gasteiger partial charge is 0.270 e. The lowest BCUT2D eigenvalue weighted by atomic mass is 9.98. The number of aromatic amines is 1. The number of nitro benzene ring substituents is 1. The summed E-state index contributed by atoms with van der Waals surface area (Å²) < 4.78 is 0. The van der Waals surface area contributed by atoms with Crippen LogP contribution in [-0.4, -0.2) is 44.7 Å². The molecule has 2 aliphatic heterocycles. The van der Waals surface area contributed by atoms with E-state index in [0.29, 0.717) is 35.5 Å². The van der Waals surface area contributed by atoms with Gasteiger partial charge in [0.15, 0.2) is 0 Å². The number of carbonyl (C=O) groups is 2. The first kappa shape index (κ1) is 26.0. The summed E-state index contributed by atoms with van der Waals surface area (Å²) in [5, 5.41) is 17.8. The van der Waals surface area contributed by atoms with Crippen molar-refractivity contribution in [2.75, 3.05) is 23.7 Å². The second-order valence-corrected chi connectivity index (χ2v) is 10.1. The van der Waals surface area contributed by atoms with E-state index in [2.05, 4.69) is 20.6 Å². The average Bonchev–Trinajstić information content (AvgIpc) is 3.64. The van der Waals surface area contributed by atoms with Crippen molar-refractivity contribution in [2.24, 2.45) is 0 Å². The Morgan fingerprint density at radius 1 is 1.02 bits per heavy atom. The van der Waals surface area contributed by atoms with Gasteiger partial charge in [0.2, 0.25) is 5.91 Å². The van der Waals surface area contributed by atoms with E-state index in [9.17, 15) is 19.7 Å². The van der Waals surface area contributed by atoms with Gasteiger partial charge >= 0.3 is 0 Å². The van der Waals surface area contributed by atoms with Gasteiger partial charge in [0.05, 0.1) is 28.2 Å². The normalized spacial score (nSPS) is 15.9. The third kappa shape index (κ3) is 5.44. The van der Waals surface area contributed by atoms with E-state index >= 15 is 0 Å². The molecule has 3 heterocycles. The average molecular weight is 549 g/mol. The second kappa shape index (κ2) is 11.1. The zero-order valence-corrected chi connectivity index (χ0v) is 22.2. The highest BCUT2D eigenvalue weighted by Gasteiger charge is 2.30. The molecular weight excluding hydrogens is 520 g/mol. The van der Waals surface area contributed by atoms with E-state index in [0.717, 1.165) is 53.9 Å². The summed E-state index contributed by atoms with van der Waals surface area (Å²) in [4.78, 5) is 45.7. The number of benzene rings is 3. The number of H-pyrrole nitrogens is 1. The number of anilines is 2. The van der Waals surface area contributed by atoms with Crippen LogP contribution in [0, 0.1) is 10.1 Å². The maximum atomic E-state index is 13.3. The summed E-state index contributed by atoms with van der Waals surface area (Å²) in [6.07, 6.45) is 6.78. The lowest BCUT2D eigenvalue weighted by Crippen LogP contribution is -2.36. The minimum atomic E-state index is -0.469. The molecule has 0 unspecified atom stereocenters. The fourth-order valence-corrected chi connectivity index (χ4v) is 5.28. The maximum absolute atomic E-state index is 13.3. The molecule has 0 aliphatic carbocycles. The van der Waals surface area contributed by atoms with Crippen molar-refractivity contribution in [1.29, 1.82) is 0 Å². The Kier molecular flexibility index (Phi) is 7.03. The first-order valence-corrected chi connectivity index (χ1v) is 13.5. The third-order valence-electron chi connectivity index (χ3n) is 7.49. The van der Waals surface area contributed by atoms with Crippen LogP contribution in [0.1, 0.15) is 36.0 Å². The molecule has 3 aromatic carbocycles. The molecule has 0 bridgehead atoms. The Balaban J connectivity index is 1.34. The molecule has 6 rings (SSSR count). The SMILES string of the molecule is O=C1Nc2ccc([N+](=O)[O-])cc2C1=C(Nc1ccc(-c2c[nH]cn2)cc1)c1ccc(CCN2CCCCC2=O)cc1. The summed E-state index contributed by atoms with van der Waals surface area (Å²) in [5.74, 6) is -0.133. The largest absolute Gasteiger partial charge is 0.354 e. The summed E-state index contributed by atoms with van der Waals surface area (Å²) in [5.41, 5.74) is 6.07. The topological polar surface area (TPSA) is 133 Å². The number of rotatable bonds is 8. The number of hydrogen-bond acceptors (Lipinski definition) is 6. The standard InChI is InChI=1S/C31H28N6O4/c38-28-3-1-2-15-36(28)16-14-20-4-6-22(7-5-20)30(34-23-10-8-21(9-11-23)27-18-32-19-33-27)29-25-17-24(37(40)41)12-13-26(25)35-31(29)39/h4-13,17-19,34H,1-3,14-16H2,(H,32,33)(H,35,39). The predicted octanol–water partition coefficient (Wildman–Crippen LogP) is 5.47. The van der Waals surface area contributed by atoms with E-state index in [-0.39, 0.29) is 17.5 Å². The molecular formula is C31H28N6O4. The van der Waals surface area contributed by atoms with Crippen molar-refractivity contribution in [3.05, 3.63) is 106 Å². The van der Waals surface area contributed by atoms with E-state index in [4.69, 9.17) is 0 Å². The summed E-state index contributed by atoms with van der Waals surface area (Å²) in [6.45, 7) is 1.48. The van der Waals surface area contributed by atoms with Gasteiger partial charge in [-0.05, 0) is 48.6 Å². The molecule has 1 aromatic heterocycles. The van der Waals surface area contributed by atoms with Crippen LogP contribution in [0.3, 0.4) is 0 Å². The third-order valence-corrected chi connectivity index (χ3v) is 7.49. The van der Waals surface area contributed by atoms with Gasteiger partial charge in [-0.3, -0.25) is 19.7 Å². The van der Waals surface area contributed by atoms with Crippen molar-refractivity contribution in [1.82, 2.24) is 14.9 Å². The minimum Gasteiger partial charge on any atom is -0.354 e. The number of piperidine rings is 1. The number of carbonyl (C=O) groups excluding carboxylic acids is 2. The molecule has 1 fully saturated rings. The summed E-state index contributed by atoms with van der Waals surface area (Å²) in [6, 6.07) is 19.9. The number of nitrogens with zero attached hydrogens (tertiary/aromatic N) is 3. The number of imidazole rings is 1. The van der Waals surface area contributed by atoms with Gasteiger partial charge < -0.3 is 20.5 Å². The van der Waals surface area contributed by atoms with Crippen molar-refractivity contribution in [3.63, 3.8) is 0 Å². The zero-order chi connectivity index (χ0) is 28.3. The molecule has 206 valence electrons. The fraction of sp³-hybridized carbons (Fsp3) is 0.194. The lowest BCUT2D eigenvalue weighted by molar-refractivity contribution is -0.384. The Labute approximate surface area is 236 Å². The van der Waals surface area contributed by atoms with Crippen LogP contribution >= 0.6 is 0 Å². The Morgan fingerprint density at radius 3 is 2.54 bits per heavy atom. The van der Waals surface area contributed by atoms with Crippen LogP contribution in [0.5, 0.6) is 0 Å². The van der Waals surface area contributed by atoms with E-state index < -0.39 is 4.92 Å². The number of hydrogen-bond donors (Lipinski definition) is 3. The van der Waals surface area contributed by atoms with Crippen LogP contribution in [0.2, 0.25) is 0 Å². The Bertz CT molecular complexity index is 1640. The number of aromatic nitrogens is 2. The van der Waals surface area contributed by atoms with E-state index in [1.165, 1.54) is 12.1 Å². The van der Waals surface area contributed by atoms with Crippen molar-refractivity contribution in [3.8, 4) is 11.3 Å². The molecule has 0 atom stereocenters. The zero-order valence-electron chi connectivity index (χ0n) is 22.2. The maximum Gasteiger partial charge on any atom is 0.270 e. The highest BCUT2D eigenvalue weighted by molar-refractivity contribution is 6.37. The van der Waals surface area contributed by atoms with Crippen LogP contribution in [0.15, 0.2) is 79.3 Å². The molecule has 4 aromatic rings. The second-order valence-electron chi connectivity index (χ2n) is 10.1. The molecule has 1 saturated heterocycles. The minimum absolute atomic E-state index is 0.0944. The van der Waals surface area contributed by atoms with Crippen LogP contribution < -0.4 is 10.6 Å². The monoisotopic (exact) mass is 548 g/mol. The predicted molar refractivity (Wildman–Crippen MR) is 157 cm³/mol. The molecule has 10 heteroatoms. The molecule has 2 aliphatic rings. The van der Waals surface area contributed by atoms with E-state index in [1.807, 2.05) is 59.6 Å². The van der Waals surface area contributed by atoms with Gasteiger partial charge in [0.1, 0.15) is 0 Å². The number of nitrogens with one attached hydrogen (secondary N) is 3. The number of non-ortho nitro benzene ring substituents is 1. The first-order chi connectivity index (χ1) is 20.0. The van der Waals surface area contributed by atoms with Gasteiger partial charge in [-0.1, -0.05) is 36.4 Å². The molecule has 10 nitrogen and oxygen atoms in total. The molecule has 0 saturated carbocycles. The highest BCUT2D eigenvalue weighted by atomic mass is 16.6. The van der Waals surface area contributed by atoms with Crippen molar-refractivity contribution in [2.45, 2.75) is 25.7 Å². The summed E-state index contributed by atoms with van der Waals surface area (Å²) in [7, 11) is 0. The number of amides is 2. The van der Waals surface area contributed by atoms with Crippen LogP contribution in [-0.2, 0) is 16.0 Å². The molecule has 2 amide bonds. The Morgan fingerprint density at radius 2 is 1.83 bits per heavy atom. The summed E-state index contributed by atoms with van der Waals surface area (Å²) >= 11 is 0. The molecule has 0 spiro atoms. The van der Waals surface area contributed by atoms with Gasteiger partial charge in [-0.2, -0.15) is 0 Å². The molecule has 41 heavy (non-hydrogen) atoms. The van der Waals surface area contributed by atoms with E-state index in [1.54, 1.807) is 12.4 Å². The van der Waals surface area contributed by atoms with Gasteiger partial charge in [-0.25, -0.2) is 4.98 Å². The van der Waals surface area contributed by atoms with Gasteiger partial charge in [-0.15, -0.1) is 0 Å². The number of nitro groups is 1. The number of fused-ring (bicyclic) bond motifs is 1. The molecule has 0 radical (unpaired) electrons. The van der Waals surface area contributed by atoms with Crippen LogP contribution in [0.4, 0.5) is 17.1 Å². The van der Waals surface area contributed by atoms with Crippen molar-refractivity contribution < 1.29 is 14.5 Å². The number of likely N-dealkylation sites (tertiary alicyclic amines) is 1. The first-order valence-electron chi connectivity index (χ1n) is 13.5. The quantitative estimate of drug-likeness (QED) is 0.152.